The molecule has 0 unspecified atom stereocenters. The average Bonchev–Trinajstić information content (AvgIpc) is 2.14. The van der Waals surface area contributed by atoms with Gasteiger partial charge in [0.25, 0.3) is 0 Å². The number of hydrogen-bond acceptors (Lipinski definition) is 3. The Labute approximate surface area is 93.5 Å². The molecule has 0 radical (unpaired) electrons. The van der Waals surface area contributed by atoms with E-state index < -0.39 is 12.7 Å². The van der Waals surface area contributed by atoms with Crippen molar-refractivity contribution < 1.29 is 13.2 Å². The van der Waals surface area contributed by atoms with Crippen molar-refractivity contribution in [2.45, 2.75) is 13.1 Å². The van der Waals surface area contributed by atoms with Gasteiger partial charge in [-0.1, -0.05) is 0 Å². The lowest BCUT2D eigenvalue weighted by molar-refractivity contribution is -0.119. The number of anilines is 1. The fraction of sp³-hybridized carbons (Fsp3) is 0.500. The van der Waals surface area contributed by atoms with Crippen molar-refractivity contribution in [2.24, 2.45) is 0 Å². The zero-order valence-electron chi connectivity index (χ0n) is 7.92. The minimum absolute atomic E-state index is 0.231. The quantitative estimate of drug-likeness (QED) is 0.854. The van der Waals surface area contributed by atoms with Crippen LogP contribution in [-0.2, 0) is 0 Å². The predicted octanol–water partition coefficient (Wildman–Crippen LogP) is 2.63. The van der Waals surface area contributed by atoms with Crippen molar-refractivity contribution >= 4 is 21.7 Å². The van der Waals surface area contributed by atoms with Gasteiger partial charge in [0, 0.05) is 12.7 Å². The molecule has 1 rings (SSSR count). The summed E-state index contributed by atoms with van der Waals surface area (Å²) in [5, 5.41) is 0. The maximum Gasteiger partial charge on any atom is 0.405 e. The number of halogens is 4. The van der Waals surface area contributed by atoms with E-state index in [0.717, 1.165) is 4.90 Å². The van der Waals surface area contributed by atoms with Crippen LogP contribution >= 0.6 is 15.9 Å². The first-order valence-electron chi connectivity index (χ1n) is 4.21. The first-order valence-corrected chi connectivity index (χ1v) is 5.00. The van der Waals surface area contributed by atoms with Gasteiger partial charge in [-0.2, -0.15) is 13.2 Å². The van der Waals surface area contributed by atoms with Crippen molar-refractivity contribution in [2.75, 3.05) is 18.0 Å². The summed E-state index contributed by atoms with van der Waals surface area (Å²) in [6.07, 6.45) is -1.60. The van der Waals surface area contributed by atoms with Gasteiger partial charge < -0.3 is 4.90 Å². The Bertz CT molecular complexity index is 329. The molecule has 0 spiro atoms. The van der Waals surface area contributed by atoms with Gasteiger partial charge in [-0.3, -0.25) is 0 Å². The summed E-state index contributed by atoms with van der Waals surface area (Å²) in [6, 6.07) is 0. The second kappa shape index (κ2) is 4.78. The van der Waals surface area contributed by atoms with Crippen LogP contribution in [0.2, 0.25) is 0 Å². The van der Waals surface area contributed by atoms with Gasteiger partial charge in [0.2, 0.25) is 0 Å². The van der Waals surface area contributed by atoms with E-state index in [0.29, 0.717) is 4.47 Å². The van der Waals surface area contributed by atoms with Gasteiger partial charge in [-0.05, 0) is 22.9 Å². The highest BCUT2D eigenvalue weighted by Crippen LogP contribution is 2.25. The summed E-state index contributed by atoms with van der Waals surface area (Å²) in [5.41, 5.74) is 0. The van der Waals surface area contributed by atoms with Crippen LogP contribution in [-0.4, -0.2) is 29.2 Å². The van der Waals surface area contributed by atoms with Crippen molar-refractivity contribution in [3.63, 3.8) is 0 Å². The minimum atomic E-state index is -4.24. The van der Waals surface area contributed by atoms with E-state index >= 15 is 0 Å². The molecule has 0 bridgehead atoms. The normalized spacial score (nSPS) is 11.5. The number of nitrogens with zero attached hydrogens (tertiary/aromatic N) is 3. The highest BCUT2D eigenvalue weighted by atomic mass is 79.9. The Hall–Kier alpha value is -0.850. The molecular formula is C8H9BrF3N3. The molecule has 3 nitrogen and oxygen atoms in total. The van der Waals surface area contributed by atoms with Crippen LogP contribution in [0.15, 0.2) is 17.0 Å². The lowest BCUT2D eigenvalue weighted by Crippen LogP contribution is -2.34. The Morgan fingerprint density at radius 3 is 2.60 bits per heavy atom. The Kier molecular flexibility index (Phi) is 3.90. The topological polar surface area (TPSA) is 29.0 Å². The smallest absolute Gasteiger partial charge is 0.347 e. The van der Waals surface area contributed by atoms with Crippen molar-refractivity contribution in [1.29, 1.82) is 0 Å². The van der Waals surface area contributed by atoms with Gasteiger partial charge in [-0.15, -0.1) is 0 Å². The van der Waals surface area contributed by atoms with Crippen molar-refractivity contribution in [1.82, 2.24) is 9.97 Å². The maximum atomic E-state index is 12.2. The maximum absolute atomic E-state index is 12.2. The molecule has 0 amide bonds. The summed E-state index contributed by atoms with van der Waals surface area (Å²) in [4.78, 5) is 8.62. The van der Waals surface area contributed by atoms with Crippen LogP contribution in [0.5, 0.6) is 0 Å². The molecule has 0 N–H and O–H groups in total. The molecule has 0 fully saturated rings. The highest BCUT2D eigenvalue weighted by Gasteiger charge is 2.31. The molecule has 1 heterocycles. The van der Waals surface area contributed by atoms with Crippen LogP contribution < -0.4 is 4.90 Å². The lowest BCUT2D eigenvalue weighted by Gasteiger charge is -2.23. The van der Waals surface area contributed by atoms with E-state index in [1.165, 1.54) is 12.5 Å². The van der Waals surface area contributed by atoms with Gasteiger partial charge in [0.15, 0.2) is 0 Å². The van der Waals surface area contributed by atoms with E-state index in [-0.39, 0.29) is 12.4 Å². The summed E-state index contributed by atoms with van der Waals surface area (Å²) in [6.45, 7) is 0.856. The molecule has 0 aliphatic rings. The van der Waals surface area contributed by atoms with Gasteiger partial charge >= 0.3 is 6.18 Å². The van der Waals surface area contributed by atoms with E-state index in [1.807, 2.05) is 0 Å². The fourth-order valence-electron chi connectivity index (χ4n) is 1.09. The molecule has 15 heavy (non-hydrogen) atoms. The third kappa shape index (κ3) is 3.65. The third-order valence-corrected chi connectivity index (χ3v) is 2.26. The summed E-state index contributed by atoms with van der Waals surface area (Å²) in [5.74, 6) is 0.254. The summed E-state index contributed by atoms with van der Waals surface area (Å²) in [7, 11) is 0. The molecule has 1 aromatic rings. The zero-order chi connectivity index (χ0) is 11.5. The fourth-order valence-corrected chi connectivity index (χ4v) is 1.56. The number of aromatic nitrogens is 2. The number of rotatable bonds is 3. The van der Waals surface area contributed by atoms with Crippen LogP contribution in [0.1, 0.15) is 6.92 Å². The molecule has 0 saturated heterocycles. The van der Waals surface area contributed by atoms with Gasteiger partial charge in [0.1, 0.15) is 18.7 Å². The number of hydrogen-bond donors (Lipinski definition) is 0. The summed E-state index contributed by atoms with van der Waals surface area (Å²) >= 11 is 3.11. The second-order valence-electron chi connectivity index (χ2n) is 2.82. The minimum Gasteiger partial charge on any atom is -0.347 e. The predicted molar refractivity (Wildman–Crippen MR) is 53.7 cm³/mol. The monoisotopic (exact) mass is 283 g/mol. The van der Waals surface area contributed by atoms with E-state index in [9.17, 15) is 13.2 Å². The Balaban J connectivity index is 2.88. The third-order valence-electron chi connectivity index (χ3n) is 1.70. The average molecular weight is 284 g/mol. The molecule has 84 valence electrons. The SMILES string of the molecule is CCN(CC(F)(F)F)c1ncncc1Br. The molecule has 0 aliphatic heterocycles. The van der Waals surface area contributed by atoms with Gasteiger partial charge in [0.05, 0.1) is 4.47 Å². The van der Waals surface area contributed by atoms with Crippen LogP contribution in [0.3, 0.4) is 0 Å². The van der Waals surface area contributed by atoms with E-state index in [4.69, 9.17) is 0 Å². The van der Waals surface area contributed by atoms with Crippen LogP contribution in [0.25, 0.3) is 0 Å². The molecule has 0 aliphatic carbocycles. The molecule has 7 heteroatoms. The first-order chi connectivity index (χ1) is 6.94. The van der Waals surface area contributed by atoms with Crippen molar-refractivity contribution in [3.8, 4) is 0 Å². The second-order valence-corrected chi connectivity index (χ2v) is 3.68. The van der Waals surface area contributed by atoms with Crippen LogP contribution in [0, 0.1) is 0 Å². The molecule has 0 atom stereocenters. The standard InChI is InChI=1S/C8H9BrF3N3/c1-2-15(4-8(10,11)12)7-6(9)3-13-5-14-7/h3,5H,2,4H2,1H3. The zero-order valence-corrected chi connectivity index (χ0v) is 9.51. The molecule has 0 saturated carbocycles. The first kappa shape index (κ1) is 12.2. The van der Waals surface area contributed by atoms with Gasteiger partial charge in [-0.25, -0.2) is 9.97 Å². The van der Waals surface area contributed by atoms with E-state index in [1.54, 1.807) is 6.92 Å². The Morgan fingerprint density at radius 2 is 2.13 bits per heavy atom. The lowest BCUT2D eigenvalue weighted by atomic mass is 10.4. The molecular weight excluding hydrogens is 275 g/mol. The number of alkyl halides is 3. The highest BCUT2D eigenvalue weighted by molar-refractivity contribution is 9.10. The van der Waals surface area contributed by atoms with E-state index in [2.05, 4.69) is 25.9 Å². The summed E-state index contributed by atoms with van der Waals surface area (Å²) < 4.78 is 37.1. The van der Waals surface area contributed by atoms with Crippen molar-refractivity contribution in [3.05, 3.63) is 17.0 Å². The molecule has 1 aromatic heterocycles. The Morgan fingerprint density at radius 1 is 1.47 bits per heavy atom. The molecule has 0 aromatic carbocycles. The largest absolute Gasteiger partial charge is 0.405 e. The van der Waals surface area contributed by atoms with Crippen LogP contribution in [0.4, 0.5) is 19.0 Å².